The van der Waals surface area contributed by atoms with Gasteiger partial charge in [0.05, 0.1) is 16.6 Å². The molecule has 1 saturated carbocycles. The lowest BCUT2D eigenvalue weighted by atomic mass is 9.85. The number of piperazine rings is 1. The number of hydrogen-bond donors (Lipinski definition) is 1. The summed E-state index contributed by atoms with van der Waals surface area (Å²) in [6.07, 6.45) is 3.06. The molecule has 3 aromatic rings. The van der Waals surface area contributed by atoms with Crippen molar-refractivity contribution in [2.45, 2.75) is 82.6 Å². The number of rotatable bonds is 8. The van der Waals surface area contributed by atoms with Gasteiger partial charge in [-0.3, -0.25) is 0 Å². The summed E-state index contributed by atoms with van der Waals surface area (Å²) in [5, 5.41) is 11.4. The SMILES string of the molecule is CCSc1nc(N2C[C@@H]3C[C@H]2CN3C(=O)O)c2cc(C3CC3)c(Br)c(O[C@@H](Cc3ccccc3)C(C)(C)C)c2n1. The maximum absolute atomic E-state index is 11.8. The number of aromatic nitrogens is 2. The molecule has 0 radical (unpaired) electrons. The molecule has 0 spiro atoms. The molecule has 1 aliphatic carbocycles. The van der Waals surface area contributed by atoms with E-state index in [0.717, 1.165) is 63.5 Å². The van der Waals surface area contributed by atoms with Gasteiger partial charge in [-0.2, -0.15) is 0 Å². The Morgan fingerprint density at radius 2 is 1.93 bits per heavy atom. The molecular formula is C31H37BrN4O3S. The van der Waals surface area contributed by atoms with Gasteiger partial charge in [0.1, 0.15) is 17.4 Å². The molecule has 6 rings (SSSR count). The average molecular weight is 626 g/mol. The lowest BCUT2D eigenvalue weighted by molar-refractivity contribution is 0.0874. The Kier molecular flexibility index (Phi) is 7.40. The van der Waals surface area contributed by atoms with Crippen LogP contribution in [-0.4, -0.2) is 63.1 Å². The van der Waals surface area contributed by atoms with Crippen molar-refractivity contribution in [3.8, 4) is 5.75 Å². The highest BCUT2D eigenvalue weighted by atomic mass is 79.9. The van der Waals surface area contributed by atoms with Gasteiger partial charge in [-0.15, -0.1) is 0 Å². The zero-order chi connectivity index (χ0) is 28.2. The zero-order valence-corrected chi connectivity index (χ0v) is 26.0. The molecule has 3 atom stereocenters. The highest BCUT2D eigenvalue weighted by Crippen LogP contribution is 2.51. The molecule has 212 valence electrons. The van der Waals surface area contributed by atoms with E-state index in [1.165, 1.54) is 11.1 Å². The van der Waals surface area contributed by atoms with E-state index in [9.17, 15) is 9.90 Å². The first-order chi connectivity index (χ1) is 19.1. The van der Waals surface area contributed by atoms with Crippen molar-refractivity contribution in [1.82, 2.24) is 14.9 Å². The topological polar surface area (TPSA) is 78.8 Å². The predicted molar refractivity (Wildman–Crippen MR) is 164 cm³/mol. The number of fused-ring (bicyclic) bond motifs is 3. The minimum Gasteiger partial charge on any atom is -0.486 e. The van der Waals surface area contributed by atoms with Crippen LogP contribution in [0.1, 0.15) is 64.0 Å². The van der Waals surface area contributed by atoms with Gasteiger partial charge in [-0.1, -0.05) is 69.8 Å². The Morgan fingerprint density at radius 1 is 1.18 bits per heavy atom. The van der Waals surface area contributed by atoms with Crippen molar-refractivity contribution in [2.75, 3.05) is 23.7 Å². The van der Waals surface area contributed by atoms with Crippen LogP contribution in [0.25, 0.3) is 10.9 Å². The quantitative estimate of drug-likeness (QED) is 0.207. The second kappa shape index (κ2) is 10.7. The highest BCUT2D eigenvalue weighted by Gasteiger charge is 2.46. The third-order valence-corrected chi connectivity index (χ3v) is 9.96. The van der Waals surface area contributed by atoms with Gasteiger partial charge in [0.2, 0.25) is 0 Å². The van der Waals surface area contributed by atoms with Crippen LogP contribution in [-0.2, 0) is 6.42 Å². The summed E-state index contributed by atoms with van der Waals surface area (Å²) in [7, 11) is 0. The summed E-state index contributed by atoms with van der Waals surface area (Å²) in [5.41, 5.74) is 3.22. The normalized spacial score (nSPS) is 21.3. The van der Waals surface area contributed by atoms with E-state index in [-0.39, 0.29) is 23.6 Å². The predicted octanol–water partition coefficient (Wildman–Crippen LogP) is 7.36. The molecule has 2 bridgehead atoms. The van der Waals surface area contributed by atoms with Crippen LogP contribution in [0.15, 0.2) is 46.0 Å². The number of nitrogens with zero attached hydrogens (tertiary/aromatic N) is 4. The molecule has 2 aliphatic heterocycles. The number of ether oxygens (including phenoxy) is 1. The van der Waals surface area contributed by atoms with E-state index >= 15 is 0 Å². The molecule has 7 nitrogen and oxygen atoms in total. The van der Waals surface area contributed by atoms with Gasteiger partial charge >= 0.3 is 6.09 Å². The fraction of sp³-hybridized carbons (Fsp3) is 0.516. The van der Waals surface area contributed by atoms with Crippen LogP contribution in [0.4, 0.5) is 10.6 Å². The van der Waals surface area contributed by atoms with E-state index in [1.807, 2.05) is 6.07 Å². The molecule has 9 heteroatoms. The summed E-state index contributed by atoms with van der Waals surface area (Å²) in [6.45, 7) is 9.98. The highest BCUT2D eigenvalue weighted by molar-refractivity contribution is 9.10. The number of halogens is 1. The Bertz CT molecular complexity index is 1430. The summed E-state index contributed by atoms with van der Waals surface area (Å²) < 4.78 is 8.06. The second-order valence-corrected chi connectivity index (χ2v) is 14.4. The van der Waals surface area contributed by atoms with E-state index in [1.54, 1.807) is 16.7 Å². The number of benzene rings is 2. The Labute approximate surface area is 248 Å². The maximum Gasteiger partial charge on any atom is 0.407 e. The summed E-state index contributed by atoms with van der Waals surface area (Å²) in [4.78, 5) is 25.9. The Morgan fingerprint density at radius 3 is 2.52 bits per heavy atom. The van der Waals surface area contributed by atoms with E-state index in [2.05, 4.69) is 78.9 Å². The van der Waals surface area contributed by atoms with Gasteiger partial charge in [0.25, 0.3) is 0 Å². The second-order valence-electron chi connectivity index (χ2n) is 12.3. The summed E-state index contributed by atoms with van der Waals surface area (Å²) in [6, 6.07) is 12.9. The molecule has 3 fully saturated rings. The van der Waals surface area contributed by atoms with Crippen LogP contribution in [0, 0.1) is 5.41 Å². The first-order valence-corrected chi connectivity index (χ1v) is 16.1. The third-order valence-electron chi connectivity index (χ3n) is 8.41. The number of hydrogen-bond acceptors (Lipinski definition) is 6. The molecule has 3 heterocycles. The van der Waals surface area contributed by atoms with E-state index < -0.39 is 6.09 Å². The third kappa shape index (κ3) is 5.27. The smallest absolute Gasteiger partial charge is 0.407 e. The standard InChI is InChI=1S/C31H37BrN4O3S/c1-5-40-29-33-26-23(28(34-29)35-16-21-14-20(35)17-36(21)30(37)38)15-22(19-11-12-19)25(32)27(26)39-24(31(2,3)4)13-18-9-7-6-8-10-18/h6-10,15,19-21,24H,5,11-14,16-17H2,1-4H3,(H,37,38)/t20-,21-,24-/m0/s1. The van der Waals surface area contributed by atoms with Crippen LogP contribution >= 0.6 is 27.7 Å². The van der Waals surface area contributed by atoms with Crippen LogP contribution in [0.3, 0.4) is 0 Å². The van der Waals surface area contributed by atoms with Crippen molar-refractivity contribution in [2.24, 2.45) is 5.41 Å². The van der Waals surface area contributed by atoms with Gasteiger partial charge in [-0.25, -0.2) is 14.8 Å². The van der Waals surface area contributed by atoms with Crippen molar-refractivity contribution in [1.29, 1.82) is 0 Å². The molecule has 1 amide bonds. The van der Waals surface area contributed by atoms with E-state index in [0.29, 0.717) is 19.0 Å². The molecule has 40 heavy (non-hydrogen) atoms. The van der Waals surface area contributed by atoms with Gasteiger partial charge in [0.15, 0.2) is 10.9 Å². The van der Waals surface area contributed by atoms with Gasteiger partial charge in [-0.05, 0) is 69.5 Å². The fourth-order valence-corrected chi connectivity index (χ4v) is 7.35. The van der Waals surface area contributed by atoms with Crippen LogP contribution in [0.5, 0.6) is 5.75 Å². The molecule has 0 unspecified atom stereocenters. The minimum absolute atomic E-state index is 0.00000757. The molecular weight excluding hydrogens is 588 g/mol. The molecule has 2 aromatic carbocycles. The first kappa shape index (κ1) is 27.6. The number of amides is 1. The average Bonchev–Trinajstić information content (AvgIpc) is 3.55. The lowest BCUT2D eigenvalue weighted by Gasteiger charge is -2.35. The summed E-state index contributed by atoms with van der Waals surface area (Å²) >= 11 is 5.60. The Hall–Kier alpha value is -2.52. The number of carboxylic acid groups (broad SMARTS) is 1. The fourth-order valence-electron chi connectivity index (χ4n) is 6.06. The monoisotopic (exact) mass is 624 g/mol. The minimum atomic E-state index is -0.829. The number of carbonyl (C=O) groups is 1. The summed E-state index contributed by atoms with van der Waals surface area (Å²) in [5.74, 6) is 3.07. The molecule has 3 aliphatic rings. The van der Waals surface area contributed by atoms with Crippen LogP contribution in [0.2, 0.25) is 0 Å². The van der Waals surface area contributed by atoms with E-state index in [4.69, 9.17) is 14.7 Å². The van der Waals surface area contributed by atoms with Gasteiger partial charge < -0.3 is 19.6 Å². The molecule has 2 saturated heterocycles. The lowest BCUT2D eigenvalue weighted by Crippen LogP contribution is -2.48. The number of anilines is 1. The number of thioether (sulfide) groups is 1. The zero-order valence-electron chi connectivity index (χ0n) is 23.6. The molecule has 1 aromatic heterocycles. The first-order valence-electron chi connectivity index (χ1n) is 14.3. The van der Waals surface area contributed by atoms with Crippen molar-refractivity contribution in [3.63, 3.8) is 0 Å². The number of likely N-dealkylation sites (tertiary alicyclic amines) is 1. The van der Waals surface area contributed by atoms with Crippen molar-refractivity contribution >= 4 is 50.5 Å². The van der Waals surface area contributed by atoms with Crippen LogP contribution < -0.4 is 9.64 Å². The molecule has 1 N–H and O–H groups in total. The van der Waals surface area contributed by atoms with Gasteiger partial charge in [0, 0.05) is 24.9 Å². The maximum atomic E-state index is 11.8. The van der Waals surface area contributed by atoms with Crippen molar-refractivity contribution in [3.05, 3.63) is 52.0 Å². The Balaban J connectivity index is 1.48. The van der Waals surface area contributed by atoms with Crippen molar-refractivity contribution < 1.29 is 14.6 Å². The largest absolute Gasteiger partial charge is 0.486 e.